The van der Waals surface area contributed by atoms with Crippen molar-refractivity contribution in [3.05, 3.63) is 35.1 Å². The Labute approximate surface area is 163 Å². The molecule has 1 aromatic carbocycles. The van der Waals surface area contributed by atoms with Crippen molar-refractivity contribution in [3.63, 3.8) is 0 Å². The summed E-state index contributed by atoms with van der Waals surface area (Å²) in [6, 6.07) is 5.57. The van der Waals surface area contributed by atoms with Crippen LogP contribution >= 0.6 is 11.6 Å². The normalized spacial score (nSPS) is 16.9. The van der Waals surface area contributed by atoms with Crippen LogP contribution in [0.4, 0.5) is 23.0 Å². The molecule has 0 spiro atoms. The lowest BCUT2D eigenvalue weighted by Gasteiger charge is -2.33. The van der Waals surface area contributed by atoms with Crippen LogP contribution in [-0.2, 0) is 9.53 Å². The molecule has 144 valence electrons. The Kier molecular flexibility index (Phi) is 6.01. The van der Waals surface area contributed by atoms with E-state index in [0.29, 0.717) is 35.5 Å². The minimum Gasteiger partial charge on any atom is -0.466 e. The molecular formula is C19H24ClN5O2. The van der Waals surface area contributed by atoms with Crippen molar-refractivity contribution in [3.8, 4) is 0 Å². The molecule has 1 unspecified atom stereocenters. The van der Waals surface area contributed by atoms with Crippen molar-refractivity contribution in [2.75, 3.05) is 35.6 Å². The number of nitrogens with one attached hydrogen (secondary N) is 1. The molecule has 1 saturated heterocycles. The van der Waals surface area contributed by atoms with E-state index in [2.05, 4.69) is 15.3 Å². The summed E-state index contributed by atoms with van der Waals surface area (Å²) in [6.45, 7) is 5.49. The summed E-state index contributed by atoms with van der Waals surface area (Å²) in [7, 11) is 0. The van der Waals surface area contributed by atoms with Crippen LogP contribution < -0.4 is 16.0 Å². The molecule has 0 bridgehead atoms. The summed E-state index contributed by atoms with van der Waals surface area (Å²) in [4.78, 5) is 22.8. The van der Waals surface area contributed by atoms with Gasteiger partial charge in [-0.3, -0.25) is 4.79 Å². The summed E-state index contributed by atoms with van der Waals surface area (Å²) >= 11 is 6.02. The number of benzene rings is 1. The number of nitrogen functional groups attached to an aromatic ring is 1. The van der Waals surface area contributed by atoms with Gasteiger partial charge in [-0.25, -0.2) is 9.97 Å². The fourth-order valence-corrected chi connectivity index (χ4v) is 3.48. The summed E-state index contributed by atoms with van der Waals surface area (Å²) < 4.78 is 5.17. The van der Waals surface area contributed by atoms with Crippen LogP contribution in [0.1, 0.15) is 25.3 Å². The lowest BCUT2D eigenvalue weighted by Crippen LogP contribution is -2.40. The molecule has 1 aliphatic rings. The van der Waals surface area contributed by atoms with Gasteiger partial charge in [0.25, 0.3) is 0 Å². The Morgan fingerprint density at radius 3 is 3.00 bits per heavy atom. The molecule has 27 heavy (non-hydrogen) atoms. The van der Waals surface area contributed by atoms with Gasteiger partial charge in [-0.1, -0.05) is 11.6 Å². The fraction of sp³-hybridized carbons (Fsp3) is 0.421. The molecule has 7 nitrogen and oxygen atoms in total. The number of anilines is 4. The molecule has 0 saturated carbocycles. The Balaban J connectivity index is 1.81. The van der Waals surface area contributed by atoms with Crippen LogP contribution in [0.2, 0.25) is 5.02 Å². The summed E-state index contributed by atoms with van der Waals surface area (Å²) in [5.41, 5.74) is 8.67. The van der Waals surface area contributed by atoms with Crippen molar-refractivity contribution >= 4 is 40.6 Å². The zero-order valence-corrected chi connectivity index (χ0v) is 16.3. The number of esters is 1. The highest BCUT2D eigenvalue weighted by Gasteiger charge is 2.29. The number of hydrogen-bond donors (Lipinski definition) is 2. The maximum Gasteiger partial charge on any atom is 0.310 e. The minimum atomic E-state index is -0.164. The van der Waals surface area contributed by atoms with Crippen molar-refractivity contribution in [1.29, 1.82) is 0 Å². The van der Waals surface area contributed by atoms with E-state index >= 15 is 0 Å². The molecule has 0 aliphatic carbocycles. The van der Waals surface area contributed by atoms with E-state index in [1.807, 2.05) is 36.9 Å². The molecule has 3 rings (SSSR count). The smallest absolute Gasteiger partial charge is 0.310 e. The van der Waals surface area contributed by atoms with Gasteiger partial charge in [0.15, 0.2) is 11.6 Å². The highest BCUT2D eigenvalue weighted by Crippen LogP contribution is 2.32. The first-order valence-electron chi connectivity index (χ1n) is 9.04. The van der Waals surface area contributed by atoms with E-state index in [-0.39, 0.29) is 11.9 Å². The molecule has 2 aromatic rings. The average Bonchev–Trinajstić information content (AvgIpc) is 2.66. The first-order valence-corrected chi connectivity index (χ1v) is 9.42. The zero-order valence-electron chi connectivity index (χ0n) is 15.5. The van der Waals surface area contributed by atoms with Gasteiger partial charge in [-0.2, -0.15) is 0 Å². The van der Waals surface area contributed by atoms with E-state index < -0.39 is 0 Å². The van der Waals surface area contributed by atoms with Crippen LogP contribution in [0.15, 0.2) is 24.5 Å². The number of piperidine rings is 1. The van der Waals surface area contributed by atoms with Gasteiger partial charge in [0.2, 0.25) is 0 Å². The monoisotopic (exact) mass is 389 g/mol. The van der Waals surface area contributed by atoms with Crippen LogP contribution in [-0.4, -0.2) is 35.6 Å². The Morgan fingerprint density at radius 2 is 2.26 bits per heavy atom. The third-order valence-electron chi connectivity index (χ3n) is 4.65. The van der Waals surface area contributed by atoms with E-state index in [1.165, 1.54) is 6.33 Å². The summed E-state index contributed by atoms with van der Waals surface area (Å²) in [5, 5.41) is 3.92. The van der Waals surface area contributed by atoms with E-state index in [0.717, 1.165) is 30.6 Å². The number of ether oxygens (including phenoxy) is 1. The number of carbonyl (C=O) groups excluding carboxylic acids is 1. The van der Waals surface area contributed by atoms with E-state index in [4.69, 9.17) is 22.1 Å². The van der Waals surface area contributed by atoms with Gasteiger partial charge >= 0.3 is 5.97 Å². The molecule has 0 amide bonds. The van der Waals surface area contributed by atoms with Crippen molar-refractivity contribution in [2.24, 2.45) is 5.92 Å². The second-order valence-corrected chi connectivity index (χ2v) is 7.02. The first-order chi connectivity index (χ1) is 13.0. The fourth-order valence-electron chi connectivity index (χ4n) is 3.25. The third-order valence-corrected chi connectivity index (χ3v) is 4.88. The zero-order chi connectivity index (χ0) is 19.4. The first kappa shape index (κ1) is 19.2. The number of hydrogen-bond acceptors (Lipinski definition) is 7. The van der Waals surface area contributed by atoms with Crippen LogP contribution in [0.3, 0.4) is 0 Å². The lowest BCUT2D eigenvalue weighted by molar-refractivity contribution is -0.148. The number of nitrogens with two attached hydrogens (primary N) is 1. The topological polar surface area (TPSA) is 93.4 Å². The Bertz CT molecular complexity index is 830. The predicted octanol–water partition coefficient (Wildman–Crippen LogP) is 3.54. The number of carbonyl (C=O) groups is 1. The molecule has 0 radical (unpaired) electrons. The van der Waals surface area contributed by atoms with Crippen LogP contribution in [0, 0.1) is 12.8 Å². The maximum absolute atomic E-state index is 12.1. The molecule has 1 aromatic heterocycles. The predicted molar refractivity (Wildman–Crippen MR) is 107 cm³/mol. The molecule has 1 aliphatic heterocycles. The molecular weight excluding hydrogens is 366 g/mol. The third kappa shape index (κ3) is 4.42. The molecule has 8 heteroatoms. The molecule has 3 N–H and O–H groups in total. The van der Waals surface area contributed by atoms with Crippen molar-refractivity contribution < 1.29 is 9.53 Å². The van der Waals surface area contributed by atoms with Crippen molar-refractivity contribution in [1.82, 2.24) is 9.97 Å². The van der Waals surface area contributed by atoms with E-state index in [1.54, 1.807) is 0 Å². The highest BCUT2D eigenvalue weighted by atomic mass is 35.5. The Hall–Kier alpha value is -2.54. The SMILES string of the molecule is CCOC(=O)C1CCCN(c2ncnc(Nc3ccc(Cl)cc3C)c2N)C1. The quantitative estimate of drug-likeness (QED) is 0.755. The summed E-state index contributed by atoms with van der Waals surface area (Å²) in [6.07, 6.45) is 3.18. The number of nitrogens with zero attached hydrogens (tertiary/aromatic N) is 3. The average molecular weight is 390 g/mol. The van der Waals surface area contributed by atoms with Crippen LogP contribution in [0.5, 0.6) is 0 Å². The maximum atomic E-state index is 12.1. The second-order valence-electron chi connectivity index (χ2n) is 6.58. The second kappa shape index (κ2) is 8.43. The largest absolute Gasteiger partial charge is 0.466 e. The Morgan fingerprint density at radius 1 is 1.44 bits per heavy atom. The molecule has 2 heterocycles. The van der Waals surface area contributed by atoms with Gasteiger partial charge in [-0.15, -0.1) is 0 Å². The minimum absolute atomic E-state index is 0.162. The standard InChI is InChI=1S/C19H24ClN5O2/c1-3-27-19(26)13-5-4-8-25(10-13)18-16(21)17(22-11-23-18)24-15-7-6-14(20)9-12(15)2/h6-7,9,11,13H,3-5,8,10,21H2,1-2H3,(H,22,23,24). The van der Waals surface area contributed by atoms with Gasteiger partial charge < -0.3 is 20.7 Å². The number of aryl methyl sites for hydroxylation is 1. The highest BCUT2D eigenvalue weighted by molar-refractivity contribution is 6.30. The van der Waals surface area contributed by atoms with E-state index in [9.17, 15) is 4.79 Å². The number of aromatic nitrogens is 2. The summed E-state index contributed by atoms with van der Waals surface area (Å²) in [5.74, 6) is 0.838. The van der Waals surface area contributed by atoms with Crippen LogP contribution in [0.25, 0.3) is 0 Å². The molecule has 1 atom stereocenters. The van der Waals surface area contributed by atoms with Crippen molar-refractivity contribution in [2.45, 2.75) is 26.7 Å². The number of rotatable bonds is 5. The van der Waals surface area contributed by atoms with Gasteiger partial charge in [0, 0.05) is 23.8 Å². The van der Waals surface area contributed by atoms with Gasteiger partial charge in [0.1, 0.15) is 12.0 Å². The lowest BCUT2D eigenvalue weighted by atomic mass is 9.98. The molecule has 1 fully saturated rings. The number of halogens is 1. The van der Waals surface area contributed by atoms with Gasteiger partial charge in [-0.05, 0) is 50.5 Å². The van der Waals surface area contributed by atoms with Gasteiger partial charge in [0.05, 0.1) is 12.5 Å².